The van der Waals surface area contributed by atoms with Crippen molar-refractivity contribution in [3.05, 3.63) is 71.5 Å². The monoisotopic (exact) mass is 410 g/mol. The predicted molar refractivity (Wildman–Crippen MR) is 120 cm³/mol. The summed E-state index contributed by atoms with van der Waals surface area (Å²) < 4.78 is 13.8. The minimum atomic E-state index is -0.573. The number of hydrogen-bond acceptors (Lipinski definition) is 3. The van der Waals surface area contributed by atoms with E-state index in [1.165, 1.54) is 31.1 Å². The molecular formula is C26H35FN2O. The van der Waals surface area contributed by atoms with Crippen LogP contribution in [0.15, 0.2) is 54.6 Å². The van der Waals surface area contributed by atoms with Gasteiger partial charge in [-0.05, 0) is 68.2 Å². The number of likely N-dealkylation sites (tertiary alicyclic amines) is 2. The van der Waals surface area contributed by atoms with Crippen molar-refractivity contribution in [3.63, 3.8) is 0 Å². The highest BCUT2D eigenvalue weighted by atomic mass is 19.1. The van der Waals surface area contributed by atoms with E-state index in [0.717, 1.165) is 63.3 Å². The molecule has 2 saturated heterocycles. The third kappa shape index (κ3) is 5.90. The molecule has 1 atom stereocenters. The summed E-state index contributed by atoms with van der Waals surface area (Å²) in [4.78, 5) is 5.12. The summed E-state index contributed by atoms with van der Waals surface area (Å²) in [5.41, 5.74) is 1.59. The van der Waals surface area contributed by atoms with Gasteiger partial charge in [-0.3, -0.25) is 4.90 Å². The summed E-state index contributed by atoms with van der Waals surface area (Å²) in [6.45, 7) is 6.53. The third-order valence-electron chi connectivity index (χ3n) is 6.97. The van der Waals surface area contributed by atoms with Crippen LogP contribution < -0.4 is 0 Å². The molecule has 4 rings (SSSR count). The first kappa shape index (κ1) is 21.5. The van der Waals surface area contributed by atoms with Crippen molar-refractivity contribution in [1.82, 2.24) is 9.80 Å². The van der Waals surface area contributed by atoms with E-state index in [0.29, 0.717) is 6.42 Å². The largest absolute Gasteiger partial charge is 0.390 e. The Bertz CT molecular complexity index is 789. The summed E-state index contributed by atoms with van der Waals surface area (Å²) in [5.74, 6) is 0.609. The van der Waals surface area contributed by atoms with Gasteiger partial charge < -0.3 is 10.0 Å². The van der Waals surface area contributed by atoms with Crippen LogP contribution in [0.25, 0.3) is 0 Å². The molecule has 1 N–H and O–H groups in total. The van der Waals surface area contributed by atoms with Crippen molar-refractivity contribution in [2.75, 3.05) is 32.7 Å². The molecule has 0 amide bonds. The number of aliphatic hydroxyl groups is 1. The number of halogens is 1. The molecule has 1 unspecified atom stereocenters. The fraction of sp³-hybridized carbons (Fsp3) is 0.538. The van der Waals surface area contributed by atoms with E-state index in [-0.39, 0.29) is 5.82 Å². The fourth-order valence-corrected chi connectivity index (χ4v) is 5.12. The first-order valence-corrected chi connectivity index (χ1v) is 11.5. The van der Waals surface area contributed by atoms with Crippen molar-refractivity contribution in [1.29, 1.82) is 0 Å². The number of piperidine rings is 1. The van der Waals surface area contributed by atoms with Gasteiger partial charge in [0.25, 0.3) is 0 Å². The Morgan fingerprint density at radius 2 is 1.67 bits per heavy atom. The third-order valence-corrected chi connectivity index (χ3v) is 6.97. The van der Waals surface area contributed by atoms with Gasteiger partial charge in [-0.2, -0.15) is 0 Å². The Morgan fingerprint density at radius 3 is 2.43 bits per heavy atom. The van der Waals surface area contributed by atoms with E-state index in [2.05, 4.69) is 40.1 Å². The van der Waals surface area contributed by atoms with Gasteiger partial charge in [0.2, 0.25) is 0 Å². The topological polar surface area (TPSA) is 26.7 Å². The molecule has 0 saturated carbocycles. The Hall–Kier alpha value is -1.75. The highest BCUT2D eigenvalue weighted by Gasteiger charge is 2.33. The molecule has 2 aromatic rings. The van der Waals surface area contributed by atoms with Crippen molar-refractivity contribution >= 4 is 0 Å². The van der Waals surface area contributed by atoms with E-state index >= 15 is 0 Å². The lowest BCUT2D eigenvalue weighted by Crippen LogP contribution is -2.46. The maximum atomic E-state index is 13.8. The lowest BCUT2D eigenvalue weighted by atomic mass is 9.85. The number of aryl methyl sites for hydroxylation is 1. The first-order valence-electron chi connectivity index (χ1n) is 11.5. The summed E-state index contributed by atoms with van der Waals surface area (Å²) in [6.07, 6.45) is 5.27. The standard InChI is InChI=1S/C26H35FN2O/c27-25-11-5-4-9-24(25)10-6-13-26(30)14-17-28(18-15-26)20-23-12-16-29(21-23)19-22-7-2-1-3-8-22/h1-5,7-9,11,23,30H,6,10,12-21H2. The molecule has 4 heteroatoms. The SMILES string of the molecule is OC1(CCCc2ccccc2F)CCN(CC2CCN(Cc3ccccc3)C2)CC1. The minimum Gasteiger partial charge on any atom is -0.390 e. The van der Waals surface area contributed by atoms with Crippen LogP contribution in [0.2, 0.25) is 0 Å². The van der Waals surface area contributed by atoms with Gasteiger partial charge in [-0.15, -0.1) is 0 Å². The van der Waals surface area contributed by atoms with Crippen molar-refractivity contribution in [2.24, 2.45) is 5.92 Å². The van der Waals surface area contributed by atoms with Crippen LogP contribution >= 0.6 is 0 Å². The normalized spacial score (nSPS) is 22.4. The van der Waals surface area contributed by atoms with Gasteiger partial charge >= 0.3 is 0 Å². The summed E-state index contributed by atoms with van der Waals surface area (Å²) >= 11 is 0. The van der Waals surface area contributed by atoms with Crippen LogP contribution in [0.4, 0.5) is 4.39 Å². The quantitative estimate of drug-likeness (QED) is 0.694. The van der Waals surface area contributed by atoms with Gasteiger partial charge in [-0.1, -0.05) is 48.5 Å². The van der Waals surface area contributed by atoms with Gasteiger partial charge in [0.1, 0.15) is 5.82 Å². The number of benzene rings is 2. The molecule has 0 radical (unpaired) electrons. The van der Waals surface area contributed by atoms with Crippen LogP contribution in [0.3, 0.4) is 0 Å². The zero-order valence-corrected chi connectivity index (χ0v) is 18.0. The summed E-state index contributed by atoms with van der Waals surface area (Å²) in [5, 5.41) is 11.0. The zero-order chi connectivity index (χ0) is 20.8. The minimum absolute atomic E-state index is 0.128. The van der Waals surface area contributed by atoms with Crippen molar-refractivity contribution in [3.8, 4) is 0 Å². The molecule has 2 fully saturated rings. The second kappa shape index (κ2) is 10.0. The average Bonchev–Trinajstić information content (AvgIpc) is 3.19. The smallest absolute Gasteiger partial charge is 0.126 e. The van der Waals surface area contributed by atoms with Gasteiger partial charge in [-0.25, -0.2) is 4.39 Å². The lowest BCUT2D eigenvalue weighted by molar-refractivity contribution is -0.0313. The van der Waals surface area contributed by atoms with E-state index in [1.54, 1.807) is 6.07 Å². The number of nitrogens with zero attached hydrogens (tertiary/aromatic N) is 2. The van der Waals surface area contributed by atoms with Crippen LogP contribution in [0.1, 0.15) is 43.2 Å². The molecule has 2 aliphatic rings. The van der Waals surface area contributed by atoms with Crippen LogP contribution in [0.5, 0.6) is 0 Å². The number of rotatable bonds is 8. The van der Waals surface area contributed by atoms with Gasteiger partial charge in [0.15, 0.2) is 0 Å². The van der Waals surface area contributed by atoms with Crippen LogP contribution in [-0.4, -0.2) is 53.2 Å². The van der Waals surface area contributed by atoms with Crippen molar-refractivity contribution in [2.45, 2.75) is 50.7 Å². The highest BCUT2D eigenvalue weighted by molar-refractivity contribution is 5.17. The summed E-state index contributed by atoms with van der Waals surface area (Å²) in [6, 6.07) is 17.7. The van der Waals surface area contributed by atoms with E-state index < -0.39 is 5.60 Å². The fourth-order valence-electron chi connectivity index (χ4n) is 5.12. The molecule has 2 heterocycles. The molecule has 0 bridgehead atoms. The first-order chi connectivity index (χ1) is 14.6. The molecule has 0 aromatic heterocycles. The van der Waals surface area contributed by atoms with Crippen LogP contribution in [0, 0.1) is 11.7 Å². The van der Waals surface area contributed by atoms with E-state index in [1.807, 2.05) is 12.1 Å². The van der Waals surface area contributed by atoms with Crippen molar-refractivity contribution < 1.29 is 9.50 Å². The Kier molecular flexibility index (Phi) is 7.19. The highest BCUT2D eigenvalue weighted by Crippen LogP contribution is 2.29. The molecule has 0 aliphatic carbocycles. The summed E-state index contributed by atoms with van der Waals surface area (Å²) in [7, 11) is 0. The molecule has 2 aliphatic heterocycles. The Labute approximate surface area is 180 Å². The molecular weight excluding hydrogens is 375 g/mol. The maximum Gasteiger partial charge on any atom is 0.126 e. The van der Waals surface area contributed by atoms with E-state index in [4.69, 9.17) is 0 Å². The predicted octanol–water partition coefficient (Wildman–Crippen LogP) is 4.50. The molecule has 2 aromatic carbocycles. The lowest BCUT2D eigenvalue weighted by Gasteiger charge is -2.39. The van der Waals surface area contributed by atoms with Gasteiger partial charge in [0.05, 0.1) is 5.60 Å². The Balaban J connectivity index is 1.16. The molecule has 162 valence electrons. The average molecular weight is 411 g/mol. The molecule has 30 heavy (non-hydrogen) atoms. The molecule has 0 spiro atoms. The maximum absolute atomic E-state index is 13.8. The van der Waals surface area contributed by atoms with Gasteiger partial charge in [0, 0.05) is 32.7 Å². The molecule has 3 nitrogen and oxygen atoms in total. The van der Waals surface area contributed by atoms with E-state index in [9.17, 15) is 9.50 Å². The second-order valence-corrected chi connectivity index (χ2v) is 9.35. The second-order valence-electron chi connectivity index (χ2n) is 9.35. The van der Waals surface area contributed by atoms with Crippen LogP contribution in [-0.2, 0) is 13.0 Å². The Morgan fingerprint density at radius 1 is 0.933 bits per heavy atom. The zero-order valence-electron chi connectivity index (χ0n) is 18.0. The number of hydrogen-bond donors (Lipinski definition) is 1.